The zero-order valence-corrected chi connectivity index (χ0v) is 20.9. The number of hydrogen-bond acceptors (Lipinski definition) is 7. The van der Waals surface area contributed by atoms with E-state index in [-0.39, 0.29) is 11.0 Å². The van der Waals surface area contributed by atoms with Gasteiger partial charge < -0.3 is 14.2 Å². The number of imide groups is 1. The Hall–Kier alpha value is -3.52. The van der Waals surface area contributed by atoms with Gasteiger partial charge in [-0.05, 0) is 60.9 Å². The summed E-state index contributed by atoms with van der Waals surface area (Å²) in [7, 11) is 1.54. The lowest BCUT2D eigenvalue weighted by Gasteiger charge is -2.16. The third kappa shape index (κ3) is 6.76. The molecule has 184 valence electrons. The number of benzene rings is 2. The van der Waals surface area contributed by atoms with Crippen LogP contribution >= 0.6 is 11.8 Å². The van der Waals surface area contributed by atoms with Gasteiger partial charge in [0.1, 0.15) is 13.2 Å². The second-order valence-electron chi connectivity index (χ2n) is 7.96. The number of esters is 1. The molecule has 1 saturated heterocycles. The Morgan fingerprint density at radius 3 is 2.60 bits per heavy atom. The molecule has 1 aliphatic rings. The van der Waals surface area contributed by atoms with Crippen LogP contribution in [0, 0.1) is 0 Å². The second-order valence-corrected chi connectivity index (χ2v) is 8.95. The molecule has 2 aromatic rings. The minimum absolute atomic E-state index is 0.218. The van der Waals surface area contributed by atoms with Gasteiger partial charge in [0.05, 0.1) is 18.1 Å². The number of thioether (sulfide) groups is 1. The van der Waals surface area contributed by atoms with Gasteiger partial charge in [-0.2, -0.15) is 0 Å². The Morgan fingerprint density at radius 1 is 1.20 bits per heavy atom. The third-order valence-electron chi connectivity index (χ3n) is 5.33. The maximum absolute atomic E-state index is 12.8. The number of methoxy groups -OCH3 is 1. The molecule has 2 aromatic carbocycles. The second kappa shape index (κ2) is 12.3. The molecule has 0 bridgehead atoms. The molecule has 0 N–H and O–H groups in total. The zero-order valence-electron chi connectivity index (χ0n) is 20.1. The summed E-state index contributed by atoms with van der Waals surface area (Å²) < 4.78 is 16.9. The van der Waals surface area contributed by atoms with E-state index in [1.54, 1.807) is 32.3 Å². The quantitative estimate of drug-likeness (QED) is 0.235. The van der Waals surface area contributed by atoms with Crippen LogP contribution in [-0.2, 0) is 27.4 Å². The Bertz CT molecular complexity index is 1130. The lowest BCUT2D eigenvalue weighted by atomic mass is 10.0. The molecule has 1 fully saturated rings. The molecule has 0 radical (unpaired) electrons. The standard InChI is InChI=1S/C27H29NO6S/c1-5-10-21-13-20(14-22(32-4)25(21)33-17-19-11-8-7-9-12-19)15-23-26(30)28(27(31)35-23)16-24(29)34-18(3)6-2/h5,7-9,11-15,18H,1,6,10,16-17H2,2-4H3/b23-15-/t18-/m1/s1. The minimum Gasteiger partial charge on any atom is -0.493 e. The number of rotatable bonds is 11. The van der Waals surface area contributed by atoms with Crippen molar-refractivity contribution in [2.45, 2.75) is 39.4 Å². The Balaban J connectivity index is 1.83. The van der Waals surface area contributed by atoms with Crippen molar-refractivity contribution in [1.29, 1.82) is 0 Å². The topological polar surface area (TPSA) is 82.1 Å². The molecule has 0 saturated carbocycles. The predicted molar refractivity (Wildman–Crippen MR) is 136 cm³/mol. The fourth-order valence-electron chi connectivity index (χ4n) is 3.38. The molecule has 0 aromatic heterocycles. The summed E-state index contributed by atoms with van der Waals surface area (Å²) in [6, 6.07) is 13.4. The summed E-state index contributed by atoms with van der Waals surface area (Å²) in [5.41, 5.74) is 2.51. The molecular formula is C27H29NO6S. The van der Waals surface area contributed by atoms with E-state index >= 15 is 0 Å². The molecule has 2 amide bonds. The monoisotopic (exact) mass is 495 g/mol. The molecule has 0 aliphatic carbocycles. The molecule has 0 unspecified atom stereocenters. The molecule has 1 atom stereocenters. The van der Waals surface area contributed by atoms with Gasteiger partial charge in [-0.1, -0.05) is 43.3 Å². The third-order valence-corrected chi connectivity index (χ3v) is 6.24. The van der Waals surface area contributed by atoms with Crippen molar-refractivity contribution in [2.75, 3.05) is 13.7 Å². The first kappa shape index (κ1) is 26.1. The number of carbonyl (C=O) groups is 3. The zero-order chi connectivity index (χ0) is 25.4. The summed E-state index contributed by atoms with van der Waals surface area (Å²) in [4.78, 5) is 38.5. The van der Waals surface area contributed by atoms with Gasteiger partial charge in [0, 0.05) is 5.56 Å². The van der Waals surface area contributed by atoms with E-state index in [2.05, 4.69) is 6.58 Å². The highest BCUT2D eigenvalue weighted by Gasteiger charge is 2.37. The Morgan fingerprint density at radius 2 is 1.94 bits per heavy atom. The first-order chi connectivity index (χ1) is 16.9. The van der Waals surface area contributed by atoms with Gasteiger partial charge in [-0.3, -0.25) is 19.3 Å². The van der Waals surface area contributed by atoms with E-state index in [1.165, 1.54) is 0 Å². The van der Waals surface area contributed by atoms with Crippen LogP contribution in [0.15, 0.2) is 60.0 Å². The average Bonchev–Trinajstić information content (AvgIpc) is 3.10. The molecule has 1 heterocycles. The highest BCUT2D eigenvalue weighted by Crippen LogP contribution is 2.37. The van der Waals surface area contributed by atoms with Gasteiger partial charge in [0.25, 0.3) is 11.1 Å². The Kier molecular flexibility index (Phi) is 9.14. The molecule has 35 heavy (non-hydrogen) atoms. The SMILES string of the molecule is C=CCc1cc(/C=C2\SC(=O)N(CC(=O)O[C@H](C)CC)C2=O)cc(OC)c1OCc1ccccc1. The van der Waals surface area contributed by atoms with Gasteiger partial charge in [-0.25, -0.2) is 0 Å². The molecule has 1 aliphatic heterocycles. The van der Waals surface area contributed by atoms with Crippen LogP contribution in [-0.4, -0.2) is 41.8 Å². The molecule has 0 spiro atoms. The van der Waals surface area contributed by atoms with Crippen molar-refractivity contribution in [3.63, 3.8) is 0 Å². The van der Waals surface area contributed by atoms with Crippen LogP contribution < -0.4 is 9.47 Å². The number of carbonyl (C=O) groups excluding carboxylic acids is 3. The van der Waals surface area contributed by atoms with Crippen LogP contribution in [0.4, 0.5) is 4.79 Å². The van der Waals surface area contributed by atoms with Crippen LogP contribution in [0.2, 0.25) is 0 Å². The largest absolute Gasteiger partial charge is 0.493 e. The van der Waals surface area contributed by atoms with Crippen LogP contribution in [0.25, 0.3) is 6.08 Å². The van der Waals surface area contributed by atoms with Crippen molar-refractivity contribution < 1.29 is 28.6 Å². The van der Waals surface area contributed by atoms with E-state index in [9.17, 15) is 14.4 Å². The highest BCUT2D eigenvalue weighted by molar-refractivity contribution is 8.18. The van der Waals surface area contributed by atoms with Gasteiger partial charge >= 0.3 is 5.97 Å². The average molecular weight is 496 g/mol. The number of nitrogens with zero attached hydrogens (tertiary/aromatic N) is 1. The fraction of sp³-hybridized carbons (Fsp3) is 0.296. The lowest BCUT2D eigenvalue weighted by Crippen LogP contribution is -2.35. The normalized spacial score (nSPS) is 15.3. The number of amides is 2. The van der Waals surface area contributed by atoms with Crippen molar-refractivity contribution in [2.24, 2.45) is 0 Å². The Labute approximate surface area is 209 Å². The van der Waals surface area contributed by atoms with E-state index in [4.69, 9.17) is 14.2 Å². The van der Waals surface area contributed by atoms with Gasteiger partial charge in [0.15, 0.2) is 11.5 Å². The first-order valence-electron chi connectivity index (χ1n) is 11.3. The fourth-order valence-corrected chi connectivity index (χ4v) is 4.22. The van der Waals surface area contributed by atoms with Crippen LogP contribution in [0.3, 0.4) is 0 Å². The smallest absolute Gasteiger partial charge is 0.326 e. The first-order valence-corrected chi connectivity index (χ1v) is 12.1. The summed E-state index contributed by atoms with van der Waals surface area (Å²) >= 11 is 0.786. The predicted octanol–water partition coefficient (Wildman–Crippen LogP) is 5.38. The highest BCUT2D eigenvalue weighted by atomic mass is 32.2. The minimum atomic E-state index is -0.613. The van der Waals surface area contributed by atoms with Crippen molar-refractivity contribution in [1.82, 2.24) is 4.90 Å². The number of allylic oxidation sites excluding steroid dienone is 1. The van der Waals surface area contributed by atoms with Crippen molar-refractivity contribution in [3.8, 4) is 11.5 Å². The van der Waals surface area contributed by atoms with Gasteiger partial charge in [0.2, 0.25) is 0 Å². The molecule has 7 nitrogen and oxygen atoms in total. The maximum Gasteiger partial charge on any atom is 0.326 e. The lowest BCUT2D eigenvalue weighted by molar-refractivity contribution is -0.150. The van der Waals surface area contributed by atoms with Gasteiger partial charge in [-0.15, -0.1) is 6.58 Å². The van der Waals surface area contributed by atoms with E-state index in [0.29, 0.717) is 36.5 Å². The van der Waals surface area contributed by atoms with Crippen molar-refractivity contribution in [3.05, 3.63) is 76.7 Å². The summed E-state index contributed by atoms with van der Waals surface area (Å²) in [5.74, 6) is -0.0512. The van der Waals surface area contributed by atoms with Crippen LogP contribution in [0.1, 0.15) is 37.0 Å². The molecular weight excluding hydrogens is 466 g/mol. The molecule has 3 rings (SSSR count). The van der Waals surface area contributed by atoms with Crippen LogP contribution in [0.5, 0.6) is 11.5 Å². The summed E-state index contributed by atoms with van der Waals surface area (Å²) in [5, 5.41) is -0.511. The summed E-state index contributed by atoms with van der Waals surface area (Å²) in [6.45, 7) is 7.42. The van der Waals surface area contributed by atoms with Crippen molar-refractivity contribution >= 4 is 35.0 Å². The summed E-state index contributed by atoms with van der Waals surface area (Å²) in [6.07, 6.45) is 4.25. The molecule has 8 heteroatoms. The van der Waals surface area contributed by atoms with E-state index in [0.717, 1.165) is 27.8 Å². The number of hydrogen-bond donors (Lipinski definition) is 0. The van der Waals surface area contributed by atoms with E-state index < -0.39 is 23.7 Å². The van der Waals surface area contributed by atoms with E-state index in [1.807, 2.05) is 43.3 Å². The number of ether oxygens (including phenoxy) is 3. The maximum atomic E-state index is 12.8.